The van der Waals surface area contributed by atoms with Gasteiger partial charge in [-0.25, -0.2) is 4.99 Å². The Bertz CT molecular complexity index is 3370. The molecule has 4 heterocycles. The average Bonchev–Trinajstić information content (AvgIpc) is 3.91. The summed E-state index contributed by atoms with van der Waals surface area (Å²) >= 11 is 0. The number of aliphatic imine (C=N–C) groups is 2. The fourth-order valence-electron chi connectivity index (χ4n) is 8.96. The Hall–Kier alpha value is -7.70. The molecule has 1 N–H and O–H groups in total. The summed E-state index contributed by atoms with van der Waals surface area (Å²) < 4.78 is 7.06. The van der Waals surface area contributed by atoms with E-state index in [9.17, 15) is 0 Å². The Labute approximate surface area is 327 Å². The van der Waals surface area contributed by atoms with Gasteiger partial charge in [-0.2, -0.15) is 4.99 Å². The molecule has 1 atom stereocenters. The second kappa shape index (κ2) is 12.4. The van der Waals surface area contributed by atoms with Crippen molar-refractivity contribution in [1.29, 1.82) is 0 Å². The molecule has 1 aliphatic heterocycles. The number of hydrogen-bond acceptors (Lipinski definition) is 3. The highest BCUT2D eigenvalue weighted by atomic mass is 15.3. The summed E-state index contributed by atoms with van der Waals surface area (Å²) in [5.41, 5.74) is 11.2. The van der Waals surface area contributed by atoms with Crippen molar-refractivity contribution in [3.05, 3.63) is 205 Å². The third-order valence-electron chi connectivity index (χ3n) is 11.5. The number of fused-ring (bicyclic) bond motifs is 9. The van der Waals surface area contributed by atoms with E-state index in [0.717, 1.165) is 61.3 Å². The average molecular weight is 731 g/mol. The van der Waals surface area contributed by atoms with E-state index in [1.54, 1.807) is 0 Å². The molecule has 57 heavy (non-hydrogen) atoms. The van der Waals surface area contributed by atoms with E-state index in [1.807, 2.05) is 24.3 Å². The Kier molecular flexibility index (Phi) is 6.89. The molecular formula is C51H34N6. The van der Waals surface area contributed by atoms with E-state index in [-0.39, 0.29) is 6.17 Å². The molecule has 3 aromatic heterocycles. The maximum absolute atomic E-state index is 5.24. The summed E-state index contributed by atoms with van der Waals surface area (Å²) in [7, 11) is 0. The van der Waals surface area contributed by atoms with Crippen LogP contribution in [-0.4, -0.2) is 25.5 Å². The van der Waals surface area contributed by atoms with Crippen molar-refractivity contribution in [2.75, 3.05) is 0 Å². The summed E-state index contributed by atoms with van der Waals surface area (Å²) in [6.07, 6.45) is -0.304. The highest BCUT2D eigenvalue weighted by molar-refractivity contribution is 6.22. The second-order valence-electron chi connectivity index (χ2n) is 14.7. The minimum Gasteiger partial charge on any atom is -0.330 e. The molecule has 8 aromatic carbocycles. The van der Waals surface area contributed by atoms with Gasteiger partial charge < -0.3 is 14.5 Å². The second-order valence-corrected chi connectivity index (χ2v) is 14.7. The number of para-hydroxylation sites is 4. The van der Waals surface area contributed by atoms with Crippen molar-refractivity contribution in [3.8, 4) is 11.4 Å². The first-order valence-corrected chi connectivity index (χ1v) is 19.4. The first-order valence-electron chi connectivity index (χ1n) is 19.4. The Balaban J connectivity index is 1.06. The molecule has 0 aliphatic carbocycles. The Morgan fingerprint density at radius 1 is 0.368 bits per heavy atom. The van der Waals surface area contributed by atoms with E-state index >= 15 is 0 Å². The normalized spacial score (nSPS) is 14.5. The standard InChI is InChI=1S/C51H34N6/c1-3-15-33(16-4-1)49-52-50(34-17-5-2-6-18-34)54-51(53-49)57-46-26-14-10-22-40(46)42-31-47-41(32-48(42)57)39-21-9-13-25-45(39)56(47)36-29-27-35(28-30-36)55-43-23-11-7-19-37(43)38-20-8-12-24-44(38)55/h1-32,49H,(H,52,53,54). The topological polar surface area (TPSA) is 51.5 Å². The van der Waals surface area contributed by atoms with Crippen LogP contribution in [0.5, 0.6) is 0 Å². The monoisotopic (exact) mass is 730 g/mol. The van der Waals surface area contributed by atoms with E-state index in [1.165, 1.54) is 32.6 Å². The smallest absolute Gasteiger partial charge is 0.211 e. The zero-order valence-corrected chi connectivity index (χ0v) is 30.8. The lowest BCUT2D eigenvalue weighted by atomic mass is 10.1. The van der Waals surface area contributed by atoms with E-state index < -0.39 is 0 Å². The van der Waals surface area contributed by atoms with Crippen LogP contribution in [0.3, 0.4) is 0 Å². The molecule has 6 nitrogen and oxygen atoms in total. The van der Waals surface area contributed by atoms with Gasteiger partial charge in [0.2, 0.25) is 5.96 Å². The molecule has 268 valence electrons. The minimum absolute atomic E-state index is 0.304. The molecule has 0 bridgehead atoms. The fourth-order valence-corrected chi connectivity index (χ4v) is 8.96. The van der Waals surface area contributed by atoms with Gasteiger partial charge in [-0.05, 0) is 66.2 Å². The molecule has 0 fully saturated rings. The maximum Gasteiger partial charge on any atom is 0.211 e. The molecular weight excluding hydrogens is 697 g/mol. The lowest BCUT2D eigenvalue weighted by Gasteiger charge is -2.24. The Morgan fingerprint density at radius 3 is 1.30 bits per heavy atom. The van der Waals surface area contributed by atoms with Gasteiger partial charge in [-0.15, -0.1) is 0 Å². The molecule has 0 saturated carbocycles. The van der Waals surface area contributed by atoms with E-state index in [0.29, 0.717) is 5.84 Å². The number of rotatable bonds is 4. The first kappa shape index (κ1) is 31.6. The van der Waals surface area contributed by atoms with Gasteiger partial charge in [-0.3, -0.25) is 4.57 Å². The lowest BCUT2D eigenvalue weighted by Crippen LogP contribution is -2.37. The highest BCUT2D eigenvalue weighted by Gasteiger charge is 2.25. The van der Waals surface area contributed by atoms with Gasteiger partial charge >= 0.3 is 0 Å². The minimum atomic E-state index is -0.304. The third kappa shape index (κ3) is 4.84. The van der Waals surface area contributed by atoms with Gasteiger partial charge in [-0.1, -0.05) is 133 Å². The van der Waals surface area contributed by atoms with Crippen LogP contribution in [0.4, 0.5) is 0 Å². The summed E-state index contributed by atoms with van der Waals surface area (Å²) in [6, 6.07) is 69.1. The third-order valence-corrected chi connectivity index (χ3v) is 11.5. The molecule has 6 heteroatoms. The number of nitrogens with zero attached hydrogens (tertiary/aromatic N) is 5. The molecule has 11 aromatic rings. The van der Waals surface area contributed by atoms with Crippen LogP contribution in [0.25, 0.3) is 76.8 Å². The van der Waals surface area contributed by atoms with E-state index in [2.05, 4.69) is 189 Å². The van der Waals surface area contributed by atoms with Crippen LogP contribution in [0.1, 0.15) is 17.3 Å². The van der Waals surface area contributed by atoms with Crippen molar-refractivity contribution in [2.24, 2.45) is 9.98 Å². The zero-order valence-electron chi connectivity index (χ0n) is 30.8. The van der Waals surface area contributed by atoms with Crippen LogP contribution in [0.15, 0.2) is 204 Å². The van der Waals surface area contributed by atoms with Gasteiger partial charge in [0.1, 0.15) is 6.17 Å². The van der Waals surface area contributed by atoms with Crippen LogP contribution >= 0.6 is 0 Å². The van der Waals surface area contributed by atoms with Gasteiger partial charge in [0.25, 0.3) is 0 Å². The van der Waals surface area contributed by atoms with E-state index in [4.69, 9.17) is 9.98 Å². The quantitative estimate of drug-likeness (QED) is 0.193. The molecule has 1 unspecified atom stereocenters. The number of nitrogens with one attached hydrogen (secondary N) is 1. The molecule has 0 radical (unpaired) electrons. The van der Waals surface area contributed by atoms with Crippen LogP contribution < -0.4 is 5.32 Å². The summed E-state index contributed by atoms with van der Waals surface area (Å²) in [5, 5.41) is 11.0. The van der Waals surface area contributed by atoms with Gasteiger partial charge in [0.05, 0.1) is 33.1 Å². The zero-order chi connectivity index (χ0) is 37.5. The molecule has 0 spiro atoms. The summed E-state index contributed by atoms with van der Waals surface area (Å²) in [6.45, 7) is 0. The van der Waals surface area contributed by atoms with Gasteiger partial charge in [0.15, 0.2) is 5.84 Å². The number of aromatic nitrogens is 3. The van der Waals surface area contributed by atoms with Crippen molar-refractivity contribution in [3.63, 3.8) is 0 Å². The van der Waals surface area contributed by atoms with Crippen molar-refractivity contribution < 1.29 is 0 Å². The maximum atomic E-state index is 5.24. The van der Waals surface area contributed by atoms with Crippen LogP contribution in [-0.2, 0) is 0 Å². The fraction of sp³-hybridized carbons (Fsp3) is 0.0196. The SMILES string of the molecule is c1ccc(C2=NC(c3ccccc3)NC(n3c4ccccc4c4cc5c(cc43)c3ccccc3n5-c3ccc(-n4c5ccccc5c5ccccc54)cc3)=N2)cc1. The highest BCUT2D eigenvalue weighted by Crippen LogP contribution is 2.39. The summed E-state index contributed by atoms with van der Waals surface area (Å²) in [5.74, 6) is 1.44. The van der Waals surface area contributed by atoms with Crippen LogP contribution in [0, 0.1) is 0 Å². The molecule has 0 saturated heterocycles. The lowest BCUT2D eigenvalue weighted by molar-refractivity contribution is 0.661. The van der Waals surface area contributed by atoms with Crippen molar-refractivity contribution >= 4 is 77.2 Å². The van der Waals surface area contributed by atoms with Gasteiger partial charge in [0, 0.05) is 49.3 Å². The molecule has 0 amide bonds. The number of hydrogen-bond donors (Lipinski definition) is 1. The summed E-state index contributed by atoms with van der Waals surface area (Å²) in [4.78, 5) is 10.4. The molecule has 1 aliphatic rings. The number of benzene rings is 8. The predicted octanol–water partition coefficient (Wildman–Crippen LogP) is 11.9. The van der Waals surface area contributed by atoms with Crippen molar-refractivity contribution in [1.82, 2.24) is 19.0 Å². The first-order chi connectivity index (χ1) is 28.3. The van der Waals surface area contributed by atoms with Crippen LogP contribution in [0.2, 0.25) is 0 Å². The molecule has 12 rings (SSSR count). The predicted molar refractivity (Wildman–Crippen MR) is 236 cm³/mol. The Morgan fingerprint density at radius 2 is 0.772 bits per heavy atom. The largest absolute Gasteiger partial charge is 0.330 e. The van der Waals surface area contributed by atoms with Crippen molar-refractivity contribution in [2.45, 2.75) is 6.17 Å². The number of amidine groups is 1.